The molecule has 0 aliphatic carbocycles. The van der Waals surface area contributed by atoms with Crippen molar-refractivity contribution in [3.05, 3.63) is 60.8 Å². The third kappa shape index (κ3) is 4.01. The smallest absolute Gasteiger partial charge is 0.238 e. The Morgan fingerprint density at radius 3 is 2.85 bits per heavy atom. The van der Waals surface area contributed by atoms with E-state index in [-0.39, 0.29) is 23.5 Å². The highest BCUT2D eigenvalue weighted by Crippen LogP contribution is 2.36. The molecule has 0 radical (unpaired) electrons. The van der Waals surface area contributed by atoms with Crippen LogP contribution < -0.4 is 10.6 Å². The molecule has 0 saturated heterocycles. The number of anilines is 1. The summed E-state index contributed by atoms with van der Waals surface area (Å²) in [6, 6.07) is 18.0. The van der Waals surface area contributed by atoms with E-state index >= 15 is 0 Å². The second kappa shape index (κ2) is 7.88. The zero-order chi connectivity index (χ0) is 18.6. The molecule has 1 aliphatic rings. The highest BCUT2D eigenvalue weighted by atomic mass is 32.2. The number of para-hydroxylation sites is 2. The van der Waals surface area contributed by atoms with Gasteiger partial charge in [0.05, 0.1) is 10.9 Å². The normalized spacial score (nSPS) is 16.0. The number of amides is 2. The molecule has 4 rings (SSSR count). The average molecular weight is 379 g/mol. The number of carbonyl (C=O) groups excluding carboxylic acids is 2. The summed E-state index contributed by atoms with van der Waals surface area (Å²) in [6.45, 7) is 1.45. The van der Waals surface area contributed by atoms with Gasteiger partial charge in [0.2, 0.25) is 11.8 Å². The first-order chi connectivity index (χ1) is 13.2. The third-order valence-corrected chi connectivity index (χ3v) is 5.93. The zero-order valence-electron chi connectivity index (χ0n) is 14.9. The van der Waals surface area contributed by atoms with E-state index in [1.54, 1.807) is 0 Å². The first-order valence-electron chi connectivity index (χ1n) is 9.08. The summed E-state index contributed by atoms with van der Waals surface area (Å²) in [7, 11) is 0. The molecule has 1 aliphatic heterocycles. The van der Waals surface area contributed by atoms with E-state index in [0.717, 1.165) is 23.5 Å². The van der Waals surface area contributed by atoms with Gasteiger partial charge in [-0.05, 0) is 36.1 Å². The fourth-order valence-electron chi connectivity index (χ4n) is 3.28. The lowest BCUT2D eigenvalue weighted by molar-refractivity contribution is -0.124. The van der Waals surface area contributed by atoms with Gasteiger partial charge in [-0.2, -0.15) is 0 Å². The van der Waals surface area contributed by atoms with Crippen molar-refractivity contribution in [2.24, 2.45) is 0 Å². The van der Waals surface area contributed by atoms with Crippen molar-refractivity contribution in [3.8, 4) is 0 Å². The molecule has 3 aromatic rings. The predicted octanol–water partition coefficient (Wildman–Crippen LogP) is 3.65. The summed E-state index contributed by atoms with van der Waals surface area (Å²) >= 11 is 1.46. The minimum absolute atomic E-state index is 0.0839. The van der Waals surface area contributed by atoms with Gasteiger partial charge in [0.15, 0.2) is 0 Å². The maximum absolute atomic E-state index is 12.2. The van der Waals surface area contributed by atoms with E-state index in [0.29, 0.717) is 6.54 Å². The van der Waals surface area contributed by atoms with Crippen molar-refractivity contribution in [3.63, 3.8) is 0 Å². The SMILES string of the molecule is O=C(CC1Sc2ccccc2NC1=O)NCCCn1ccc2ccccc21. The van der Waals surface area contributed by atoms with Crippen LogP contribution in [0.4, 0.5) is 5.69 Å². The number of carbonyl (C=O) groups is 2. The molecular formula is C21H21N3O2S. The molecule has 1 atom stereocenters. The van der Waals surface area contributed by atoms with Crippen molar-refractivity contribution in [1.82, 2.24) is 9.88 Å². The summed E-state index contributed by atoms with van der Waals surface area (Å²) in [5.74, 6) is -0.188. The van der Waals surface area contributed by atoms with Crippen LogP contribution in [-0.2, 0) is 16.1 Å². The molecule has 0 fully saturated rings. The number of hydrogen-bond donors (Lipinski definition) is 2. The molecule has 27 heavy (non-hydrogen) atoms. The van der Waals surface area contributed by atoms with Crippen molar-refractivity contribution in [2.75, 3.05) is 11.9 Å². The summed E-state index contributed by atoms with van der Waals surface area (Å²) in [6.07, 6.45) is 3.11. The Hall–Kier alpha value is -2.73. The Morgan fingerprint density at radius 2 is 1.93 bits per heavy atom. The van der Waals surface area contributed by atoms with Gasteiger partial charge in [-0.15, -0.1) is 11.8 Å². The maximum atomic E-state index is 12.2. The van der Waals surface area contributed by atoms with Crippen LogP contribution in [0.1, 0.15) is 12.8 Å². The van der Waals surface area contributed by atoms with Crippen LogP contribution >= 0.6 is 11.8 Å². The number of nitrogens with zero attached hydrogens (tertiary/aromatic N) is 1. The van der Waals surface area contributed by atoms with E-state index in [2.05, 4.69) is 39.6 Å². The topological polar surface area (TPSA) is 63.1 Å². The predicted molar refractivity (Wildman–Crippen MR) is 109 cm³/mol. The van der Waals surface area contributed by atoms with Gasteiger partial charge in [-0.3, -0.25) is 9.59 Å². The van der Waals surface area contributed by atoms with Gasteiger partial charge >= 0.3 is 0 Å². The minimum atomic E-state index is -0.381. The molecule has 0 saturated carbocycles. The molecule has 2 amide bonds. The van der Waals surface area contributed by atoms with Crippen molar-refractivity contribution in [2.45, 2.75) is 29.5 Å². The van der Waals surface area contributed by atoms with Gasteiger partial charge in [0, 0.05) is 36.1 Å². The fraction of sp³-hybridized carbons (Fsp3) is 0.238. The summed E-state index contributed by atoms with van der Waals surface area (Å²) in [5.41, 5.74) is 2.03. The first-order valence-corrected chi connectivity index (χ1v) is 9.96. The van der Waals surface area contributed by atoms with E-state index < -0.39 is 0 Å². The second-order valence-corrected chi connectivity index (χ2v) is 7.81. The lowest BCUT2D eigenvalue weighted by Crippen LogP contribution is -2.35. The van der Waals surface area contributed by atoms with Crippen molar-refractivity contribution >= 4 is 40.2 Å². The highest BCUT2D eigenvalue weighted by molar-refractivity contribution is 8.01. The average Bonchev–Trinajstić information content (AvgIpc) is 3.09. The molecule has 6 heteroatoms. The Kier molecular flexibility index (Phi) is 5.16. The Morgan fingerprint density at radius 1 is 1.11 bits per heavy atom. The summed E-state index contributed by atoms with van der Waals surface area (Å²) < 4.78 is 2.20. The van der Waals surface area contributed by atoms with Crippen molar-refractivity contribution < 1.29 is 9.59 Å². The van der Waals surface area contributed by atoms with Crippen LogP contribution in [0.15, 0.2) is 65.7 Å². The van der Waals surface area contributed by atoms with Crippen LogP contribution in [0.2, 0.25) is 0 Å². The van der Waals surface area contributed by atoms with E-state index in [9.17, 15) is 9.59 Å². The lowest BCUT2D eigenvalue weighted by Gasteiger charge is -2.23. The van der Waals surface area contributed by atoms with E-state index in [4.69, 9.17) is 0 Å². The molecule has 2 N–H and O–H groups in total. The van der Waals surface area contributed by atoms with Gasteiger partial charge < -0.3 is 15.2 Å². The molecule has 0 spiro atoms. The zero-order valence-corrected chi connectivity index (χ0v) is 15.7. The maximum Gasteiger partial charge on any atom is 0.238 e. The van der Waals surface area contributed by atoms with Crippen LogP contribution in [0.25, 0.3) is 10.9 Å². The summed E-state index contributed by atoms with van der Waals surface area (Å²) in [5, 5.41) is 6.66. The monoisotopic (exact) mass is 379 g/mol. The molecule has 5 nitrogen and oxygen atoms in total. The van der Waals surface area contributed by atoms with Gasteiger partial charge in [-0.25, -0.2) is 0 Å². The molecule has 1 unspecified atom stereocenters. The first kappa shape index (κ1) is 17.7. The number of aromatic nitrogens is 1. The number of aryl methyl sites for hydroxylation is 1. The molecule has 2 aromatic carbocycles. The van der Waals surface area contributed by atoms with Crippen LogP contribution in [0.5, 0.6) is 0 Å². The van der Waals surface area contributed by atoms with Gasteiger partial charge in [0.25, 0.3) is 0 Å². The second-order valence-electron chi connectivity index (χ2n) is 6.57. The van der Waals surface area contributed by atoms with Crippen LogP contribution in [-0.4, -0.2) is 28.2 Å². The van der Waals surface area contributed by atoms with E-state index in [1.807, 2.05) is 36.4 Å². The van der Waals surface area contributed by atoms with Gasteiger partial charge in [0.1, 0.15) is 0 Å². The largest absolute Gasteiger partial charge is 0.356 e. The van der Waals surface area contributed by atoms with Crippen LogP contribution in [0.3, 0.4) is 0 Å². The molecular weight excluding hydrogens is 358 g/mol. The number of hydrogen-bond acceptors (Lipinski definition) is 3. The number of fused-ring (bicyclic) bond motifs is 2. The number of nitrogens with one attached hydrogen (secondary N) is 2. The Balaban J connectivity index is 1.25. The standard InChI is InChI=1S/C21H21N3O2S/c25-20(14-19-21(26)23-16-7-2-4-9-18(16)27-19)22-11-5-12-24-13-10-15-6-1-3-8-17(15)24/h1-4,6-10,13,19H,5,11-12,14H2,(H,22,25)(H,23,26). The Labute approximate surface area is 162 Å². The fourth-order valence-corrected chi connectivity index (χ4v) is 4.39. The summed E-state index contributed by atoms with van der Waals surface area (Å²) in [4.78, 5) is 25.4. The van der Waals surface area contributed by atoms with Crippen molar-refractivity contribution in [1.29, 1.82) is 0 Å². The third-order valence-electron chi connectivity index (χ3n) is 4.66. The van der Waals surface area contributed by atoms with E-state index in [1.165, 1.54) is 22.7 Å². The lowest BCUT2D eigenvalue weighted by atomic mass is 10.2. The molecule has 138 valence electrons. The number of thioether (sulfide) groups is 1. The highest BCUT2D eigenvalue weighted by Gasteiger charge is 2.28. The molecule has 2 heterocycles. The Bertz CT molecular complexity index is 982. The van der Waals surface area contributed by atoms with Gasteiger partial charge in [-0.1, -0.05) is 30.3 Å². The quantitative estimate of drug-likeness (QED) is 0.643. The van der Waals surface area contributed by atoms with Crippen LogP contribution in [0, 0.1) is 0 Å². The number of rotatable bonds is 6. The minimum Gasteiger partial charge on any atom is -0.356 e. The number of benzene rings is 2. The molecule has 1 aromatic heterocycles. The molecule has 0 bridgehead atoms.